The molecule has 0 aliphatic carbocycles. The molecule has 4 aromatic carbocycles. The van der Waals surface area contributed by atoms with Crippen molar-refractivity contribution in [3.63, 3.8) is 0 Å². The number of ether oxygens (including phenoxy) is 2. The molecule has 0 unspecified atom stereocenters. The summed E-state index contributed by atoms with van der Waals surface area (Å²) in [6.45, 7) is 1.75. The summed E-state index contributed by atoms with van der Waals surface area (Å²) in [4.78, 5) is 24.7. The molecule has 6 nitrogen and oxygen atoms in total. The molecule has 0 bridgehead atoms. The first kappa shape index (κ1) is 24.9. The monoisotopic (exact) mass is 542 g/mol. The molecule has 0 spiro atoms. The highest BCUT2D eigenvalue weighted by Crippen LogP contribution is 2.24. The molecule has 0 radical (unpaired) electrons. The summed E-state index contributed by atoms with van der Waals surface area (Å²) in [7, 11) is 0. The van der Waals surface area contributed by atoms with Crippen molar-refractivity contribution in [1.29, 1.82) is 0 Å². The van der Waals surface area contributed by atoms with Gasteiger partial charge < -0.3 is 9.47 Å². The molecule has 0 aliphatic heterocycles. The van der Waals surface area contributed by atoms with Crippen molar-refractivity contribution >= 4 is 34.0 Å². The van der Waals surface area contributed by atoms with Crippen molar-refractivity contribution in [3.8, 4) is 22.6 Å². The van der Waals surface area contributed by atoms with Crippen LogP contribution in [0.2, 0.25) is 0 Å². The van der Waals surface area contributed by atoms with Crippen LogP contribution in [-0.2, 0) is 4.79 Å². The number of nitrogens with one attached hydrogen (secondary N) is 1. The lowest BCUT2D eigenvalue weighted by molar-refractivity contribution is -0.123. The SMILES string of the molecule is Cc1ccc(C(=O)Oc2ccc(Br)cc2/C=N\NC(=O)COc2ccc(-c3ccccc3)cc2)cc1. The molecular weight excluding hydrogens is 520 g/mol. The molecule has 180 valence electrons. The number of carbonyl (C=O) groups is 2. The lowest BCUT2D eigenvalue weighted by atomic mass is 10.1. The van der Waals surface area contributed by atoms with E-state index in [1.54, 1.807) is 30.3 Å². The van der Waals surface area contributed by atoms with Gasteiger partial charge in [0.2, 0.25) is 0 Å². The number of esters is 1. The average molecular weight is 543 g/mol. The number of hydrogen-bond donors (Lipinski definition) is 1. The summed E-state index contributed by atoms with van der Waals surface area (Å²) in [6, 6.07) is 29.7. The van der Waals surface area contributed by atoms with Crippen LogP contribution in [0.1, 0.15) is 21.5 Å². The van der Waals surface area contributed by atoms with Gasteiger partial charge in [0, 0.05) is 10.0 Å². The van der Waals surface area contributed by atoms with Gasteiger partial charge in [0.15, 0.2) is 6.61 Å². The van der Waals surface area contributed by atoms with Gasteiger partial charge in [-0.1, -0.05) is 76.1 Å². The van der Waals surface area contributed by atoms with Crippen molar-refractivity contribution in [3.05, 3.63) is 118 Å². The minimum atomic E-state index is -0.484. The molecule has 1 N–H and O–H groups in total. The van der Waals surface area contributed by atoms with Crippen LogP contribution in [-0.4, -0.2) is 24.7 Å². The Kier molecular flexibility index (Phi) is 8.26. The number of hydrazone groups is 1. The maximum Gasteiger partial charge on any atom is 0.343 e. The summed E-state index contributed by atoms with van der Waals surface area (Å²) in [6.07, 6.45) is 1.41. The van der Waals surface area contributed by atoms with Crippen molar-refractivity contribution in [2.45, 2.75) is 6.92 Å². The second-order valence-corrected chi connectivity index (χ2v) is 8.83. The number of rotatable bonds is 8. The highest BCUT2D eigenvalue weighted by atomic mass is 79.9. The zero-order chi connectivity index (χ0) is 25.3. The lowest BCUT2D eigenvalue weighted by Crippen LogP contribution is -2.24. The number of amides is 1. The minimum Gasteiger partial charge on any atom is -0.484 e. The summed E-state index contributed by atoms with van der Waals surface area (Å²) >= 11 is 3.40. The smallest absolute Gasteiger partial charge is 0.343 e. The molecule has 36 heavy (non-hydrogen) atoms. The Labute approximate surface area is 217 Å². The van der Waals surface area contributed by atoms with E-state index in [0.29, 0.717) is 22.6 Å². The van der Waals surface area contributed by atoms with Gasteiger partial charge in [0.25, 0.3) is 5.91 Å². The molecular formula is C29H23BrN2O4. The third kappa shape index (κ3) is 6.90. The van der Waals surface area contributed by atoms with Crippen LogP contribution in [0.15, 0.2) is 107 Å². The van der Waals surface area contributed by atoms with Crippen LogP contribution in [0.25, 0.3) is 11.1 Å². The molecule has 0 fully saturated rings. The zero-order valence-corrected chi connectivity index (χ0v) is 21.1. The number of halogens is 1. The van der Waals surface area contributed by atoms with Crippen molar-refractivity contribution in [2.75, 3.05) is 6.61 Å². The van der Waals surface area contributed by atoms with Crippen LogP contribution >= 0.6 is 15.9 Å². The fourth-order valence-corrected chi connectivity index (χ4v) is 3.67. The molecule has 0 saturated carbocycles. The maximum absolute atomic E-state index is 12.5. The molecule has 4 aromatic rings. The van der Waals surface area contributed by atoms with Gasteiger partial charge in [-0.15, -0.1) is 0 Å². The predicted octanol–water partition coefficient (Wildman–Crippen LogP) is 6.17. The van der Waals surface area contributed by atoms with E-state index in [1.807, 2.05) is 73.7 Å². The minimum absolute atomic E-state index is 0.199. The predicted molar refractivity (Wildman–Crippen MR) is 143 cm³/mol. The third-order valence-corrected chi connectivity index (χ3v) is 5.68. The third-order valence-electron chi connectivity index (χ3n) is 5.19. The zero-order valence-electron chi connectivity index (χ0n) is 19.5. The first-order valence-electron chi connectivity index (χ1n) is 11.2. The Morgan fingerprint density at radius 1 is 0.889 bits per heavy atom. The number of carbonyl (C=O) groups excluding carboxylic acids is 2. The largest absolute Gasteiger partial charge is 0.484 e. The number of aryl methyl sites for hydroxylation is 1. The van der Waals surface area contributed by atoms with Crippen LogP contribution in [0.3, 0.4) is 0 Å². The Morgan fingerprint density at radius 3 is 2.31 bits per heavy atom. The van der Waals surface area contributed by atoms with Gasteiger partial charge in [0.1, 0.15) is 11.5 Å². The van der Waals surface area contributed by atoms with E-state index in [-0.39, 0.29) is 6.61 Å². The van der Waals surface area contributed by atoms with Crippen LogP contribution in [0.5, 0.6) is 11.5 Å². The van der Waals surface area contributed by atoms with E-state index >= 15 is 0 Å². The lowest BCUT2D eigenvalue weighted by Gasteiger charge is -2.09. The summed E-state index contributed by atoms with van der Waals surface area (Å²) < 4.78 is 11.9. The fraction of sp³-hybridized carbons (Fsp3) is 0.0690. The summed E-state index contributed by atoms with van der Waals surface area (Å²) in [5.41, 5.74) is 6.59. The van der Waals surface area contributed by atoms with Gasteiger partial charge >= 0.3 is 5.97 Å². The van der Waals surface area contributed by atoms with Gasteiger partial charge in [-0.2, -0.15) is 5.10 Å². The maximum atomic E-state index is 12.5. The first-order chi connectivity index (χ1) is 17.5. The number of benzene rings is 4. The summed E-state index contributed by atoms with van der Waals surface area (Å²) in [5.74, 6) is -0.0168. The van der Waals surface area contributed by atoms with E-state index < -0.39 is 11.9 Å². The second-order valence-electron chi connectivity index (χ2n) is 7.91. The van der Waals surface area contributed by atoms with Gasteiger partial charge in [0.05, 0.1) is 11.8 Å². The highest BCUT2D eigenvalue weighted by molar-refractivity contribution is 9.10. The van der Waals surface area contributed by atoms with E-state index in [9.17, 15) is 9.59 Å². The van der Waals surface area contributed by atoms with Crippen LogP contribution in [0.4, 0.5) is 0 Å². The average Bonchev–Trinajstić information content (AvgIpc) is 2.90. The fourth-order valence-electron chi connectivity index (χ4n) is 3.29. The van der Waals surface area contributed by atoms with Gasteiger partial charge in [-0.3, -0.25) is 4.79 Å². The topological polar surface area (TPSA) is 77.0 Å². The molecule has 0 aliphatic rings. The van der Waals surface area contributed by atoms with E-state index in [0.717, 1.165) is 21.2 Å². The normalized spacial score (nSPS) is 10.7. The van der Waals surface area contributed by atoms with Crippen LogP contribution in [0, 0.1) is 6.92 Å². The molecule has 0 saturated heterocycles. The van der Waals surface area contributed by atoms with Crippen LogP contribution < -0.4 is 14.9 Å². The quantitative estimate of drug-likeness (QED) is 0.125. The van der Waals surface area contributed by atoms with Gasteiger partial charge in [-0.25, -0.2) is 10.2 Å². The van der Waals surface area contributed by atoms with E-state index in [4.69, 9.17) is 9.47 Å². The van der Waals surface area contributed by atoms with E-state index in [1.165, 1.54) is 6.21 Å². The molecule has 0 heterocycles. The highest BCUT2D eigenvalue weighted by Gasteiger charge is 2.12. The summed E-state index contributed by atoms with van der Waals surface area (Å²) in [5, 5.41) is 3.98. The Balaban J connectivity index is 1.32. The standard InChI is InChI=1S/C29H23BrN2O4/c1-20-7-9-23(10-8-20)29(34)36-27-16-13-25(30)17-24(27)18-31-32-28(33)19-35-26-14-11-22(12-15-26)21-5-3-2-4-6-21/h2-18H,19H2,1H3,(H,32,33)/b31-18-. The number of nitrogens with zero attached hydrogens (tertiary/aromatic N) is 1. The Bertz CT molecular complexity index is 1370. The number of hydrogen-bond acceptors (Lipinski definition) is 5. The Hall–Kier alpha value is -4.23. The molecule has 0 atom stereocenters. The van der Waals surface area contributed by atoms with Crippen molar-refractivity contribution in [1.82, 2.24) is 5.43 Å². The molecule has 0 aromatic heterocycles. The molecule has 4 rings (SSSR count). The molecule has 7 heteroatoms. The van der Waals surface area contributed by atoms with Crippen molar-refractivity contribution in [2.24, 2.45) is 5.10 Å². The van der Waals surface area contributed by atoms with Crippen molar-refractivity contribution < 1.29 is 19.1 Å². The molecule has 1 amide bonds. The first-order valence-corrected chi connectivity index (χ1v) is 12.0. The second kappa shape index (κ2) is 12.0. The van der Waals surface area contributed by atoms with Gasteiger partial charge in [-0.05, 0) is 60.5 Å². The van der Waals surface area contributed by atoms with E-state index in [2.05, 4.69) is 26.5 Å². The Morgan fingerprint density at radius 2 is 1.58 bits per heavy atom.